The molecule has 8 heteroatoms. The molecule has 1 amide bonds. The van der Waals surface area contributed by atoms with Crippen molar-refractivity contribution in [3.63, 3.8) is 0 Å². The highest BCUT2D eigenvalue weighted by molar-refractivity contribution is 8.04. The van der Waals surface area contributed by atoms with Gasteiger partial charge >= 0.3 is 0 Å². The lowest BCUT2D eigenvalue weighted by atomic mass is 10.2. The zero-order chi connectivity index (χ0) is 17.5. The summed E-state index contributed by atoms with van der Waals surface area (Å²) in [6, 6.07) is 8.89. The van der Waals surface area contributed by atoms with Crippen LogP contribution >= 0.6 is 34.9 Å². The fourth-order valence-corrected chi connectivity index (χ4v) is 4.61. The number of benzene rings is 1. The molecule has 1 heterocycles. The Hall–Kier alpha value is -1.82. The van der Waals surface area contributed by atoms with Gasteiger partial charge in [-0.1, -0.05) is 53.1 Å². The van der Waals surface area contributed by atoms with Gasteiger partial charge in [0.1, 0.15) is 0 Å². The van der Waals surface area contributed by atoms with Crippen molar-refractivity contribution >= 4 is 46.5 Å². The Morgan fingerprint density at radius 3 is 2.92 bits per heavy atom. The summed E-state index contributed by atoms with van der Waals surface area (Å²) in [5.41, 5.74) is 2.20. The molecule has 0 unspecified atom stereocenters. The fourth-order valence-electron chi connectivity index (χ4n) is 1.60. The molecule has 1 N–H and O–H groups in total. The second-order valence-electron chi connectivity index (χ2n) is 5.02. The van der Waals surface area contributed by atoms with Gasteiger partial charge in [0.25, 0.3) is 0 Å². The molecule has 0 spiro atoms. The first-order chi connectivity index (χ1) is 11.5. The van der Waals surface area contributed by atoms with E-state index in [1.165, 1.54) is 23.1 Å². The lowest BCUT2D eigenvalue weighted by Crippen LogP contribution is -2.22. The van der Waals surface area contributed by atoms with Crippen molar-refractivity contribution in [2.24, 2.45) is 0 Å². The van der Waals surface area contributed by atoms with Crippen LogP contribution in [0.4, 0.5) is 5.69 Å². The van der Waals surface area contributed by atoms with Crippen LogP contribution in [0.25, 0.3) is 0 Å². The molecular formula is C16H16N4OS3. The molecule has 0 aliphatic heterocycles. The maximum atomic E-state index is 12.3. The summed E-state index contributed by atoms with van der Waals surface area (Å²) in [5.74, 6) is 0.673. The Labute approximate surface area is 153 Å². The van der Waals surface area contributed by atoms with Crippen molar-refractivity contribution < 1.29 is 4.79 Å². The number of anilines is 1. The number of nitriles is 1. The highest BCUT2D eigenvalue weighted by Crippen LogP contribution is 2.32. The monoisotopic (exact) mass is 376 g/mol. The molecule has 0 radical (unpaired) electrons. The molecule has 1 atom stereocenters. The number of amides is 1. The van der Waals surface area contributed by atoms with Crippen molar-refractivity contribution in [3.05, 3.63) is 42.0 Å². The maximum absolute atomic E-state index is 12.3. The summed E-state index contributed by atoms with van der Waals surface area (Å²) in [6.45, 7) is 7.64. The van der Waals surface area contributed by atoms with Crippen molar-refractivity contribution in [3.8, 4) is 6.07 Å². The number of nitrogens with zero attached hydrogens (tertiary/aromatic N) is 3. The second-order valence-corrected chi connectivity index (χ2v) is 8.81. The molecule has 0 saturated heterocycles. The third kappa shape index (κ3) is 5.67. The predicted octanol–water partition coefficient (Wildman–Crippen LogP) is 4.20. The van der Waals surface area contributed by atoms with Crippen LogP contribution in [0, 0.1) is 11.3 Å². The van der Waals surface area contributed by atoms with E-state index in [4.69, 9.17) is 5.26 Å². The van der Waals surface area contributed by atoms with Crippen LogP contribution in [-0.4, -0.2) is 27.1 Å². The van der Waals surface area contributed by atoms with Crippen LogP contribution in [0.1, 0.15) is 19.4 Å². The number of thioether (sulfide) groups is 2. The Morgan fingerprint density at radius 2 is 2.21 bits per heavy atom. The molecule has 0 saturated carbocycles. The van der Waals surface area contributed by atoms with Gasteiger partial charge in [-0.25, -0.2) is 0 Å². The molecule has 0 bridgehead atoms. The van der Waals surface area contributed by atoms with Gasteiger partial charge < -0.3 is 5.32 Å². The number of hydrogen-bond acceptors (Lipinski definition) is 7. The molecule has 1 aromatic carbocycles. The lowest BCUT2D eigenvalue weighted by molar-refractivity contribution is -0.115. The van der Waals surface area contributed by atoms with Gasteiger partial charge in [-0.2, -0.15) is 5.26 Å². The van der Waals surface area contributed by atoms with E-state index in [-0.39, 0.29) is 11.2 Å². The topological polar surface area (TPSA) is 78.7 Å². The van der Waals surface area contributed by atoms with Gasteiger partial charge in [-0.15, -0.1) is 10.2 Å². The van der Waals surface area contributed by atoms with Crippen molar-refractivity contribution in [1.82, 2.24) is 10.2 Å². The van der Waals surface area contributed by atoms with Crippen LogP contribution in [0.3, 0.4) is 0 Å². The average molecular weight is 377 g/mol. The molecule has 0 fully saturated rings. The summed E-state index contributed by atoms with van der Waals surface area (Å²) in [7, 11) is 0. The Morgan fingerprint density at radius 1 is 1.46 bits per heavy atom. The average Bonchev–Trinajstić information content (AvgIpc) is 3.00. The van der Waals surface area contributed by atoms with Crippen LogP contribution in [0.15, 0.2) is 45.1 Å². The Balaban J connectivity index is 1.91. The summed E-state index contributed by atoms with van der Waals surface area (Å²) in [6.07, 6.45) is 0. The third-order valence-corrected chi connectivity index (χ3v) is 6.21. The van der Waals surface area contributed by atoms with E-state index in [0.29, 0.717) is 11.3 Å². The smallest absolute Gasteiger partial charge is 0.237 e. The summed E-state index contributed by atoms with van der Waals surface area (Å²) < 4.78 is 1.63. The first-order valence-corrected chi connectivity index (χ1v) is 9.74. The van der Waals surface area contributed by atoms with Gasteiger partial charge in [-0.3, -0.25) is 4.79 Å². The SMILES string of the molecule is C=C(C)CSc1nnc(S[C@H](C)C(=O)Nc2cccc(C#N)c2)s1. The quantitative estimate of drug-likeness (QED) is 0.576. The normalized spacial score (nSPS) is 11.5. The molecular weight excluding hydrogens is 360 g/mol. The molecule has 1 aromatic heterocycles. The largest absolute Gasteiger partial charge is 0.325 e. The minimum Gasteiger partial charge on any atom is -0.325 e. The number of hydrogen-bond donors (Lipinski definition) is 1. The van der Waals surface area contributed by atoms with E-state index in [1.807, 2.05) is 13.8 Å². The van der Waals surface area contributed by atoms with Crippen molar-refractivity contribution in [2.45, 2.75) is 27.8 Å². The standard InChI is InChI=1S/C16H16N4OS3/c1-10(2)9-22-15-19-20-16(24-15)23-11(3)14(21)18-13-6-4-5-12(7-13)8-17/h4-7,11H,1,9H2,2-3H3,(H,18,21)/t11-/m1/s1. The number of nitrogens with one attached hydrogen (secondary N) is 1. The van der Waals surface area contributed by atoms with E-state index in [9.17, 15) is 4.79 Å². The van der Waals surface area contributed by atoms with Crippen molar-refractivity contribution in [1.29, 1.82) is 5.26 Å². The zero-order valence-electron chi connectivity index (χ0n) is 13.3. The van der Waals surface area contributed by atoms with E-state index in [1.54, 1.807) is 36.0 Å². The first kappa shape index (κ1) is 18.5. The second kappa shape index (κ2) is 8.87. The molecule has 24 heavy (non-hydrogen) atoms. The van der Waals surface area contributed by atoms with Crippen LogP contribution in [0.2, 0.25) is 0 Å². The number of rotatable bonds is 7. The highest BCUT2D eigenvalue weighted by atomic mass is 32.2. The van der Waals surface area contributed by atoms with E-state index in [2.05, 4.69) is 28.2 Å². The molecule has 5 nitrogen and oxygen atoms in total. The zero-order valence-corrected chi connectivity index (χ0v) is 15.7. The number of aromatic nitrogens is 2. The lowest BCUT2D eigenvalue weighted by Gasteiger charge is -2.10. The van der Waals surface area contributed by atoms with E-state index in [0.717, 1.165) is 20.0 Å². The Bertz CT molecular complexity index is 782. The maximum Gasteiger partial charge on any atom is 0.237 e. The summed E-state index contributed by atoms with van der Waals surface area (Å²) >= 11 is 4.43. The van der Waals surface area contributed by atoms with Crippen LogP contribution < -0.4 is 5.32 Å². The van der Waals surface area contributed by atoms with Gasteiger partial charge in [0.15, 0.2) is 8.68 Å². The molecule has 0 aliphatic rings. The number of carbonyl (C=O) groups is 1. The summed E-state index contributed by atoms with van der Waals surface area (Å²) in [4.78, 5) is 12.3. The minimum atomic E-state index is -0.317. The number of carbonyl (C=O) groups excluding carboxylic acids is 1. The molecule has 0 aliphatic carbocycles. The minimum absolute atomic E-state index is 0.138. The summed E-state index contributed by atoms with van der Waals surface area (Å²) in [5, 5.41) is 19.6. The van der Waals surface area contributed by atoms with E-state index >= 15 is 0 Å². The third-order valence-electron chi connectivity index (χ3n) is 2.74. The van der Waals surface area contributed by atoms with E-state index < -0.39 is 0 Å². The molecule has 2 aromatic rings. The van der Waals surface area contributed by atoms with Gasteiger partial charge in [0, 0.05) is 11.4 Å². The van der Waals surface area contributed by atoms with Gasteiger partial charge in [-0.05, 0) is 32.0 Å². The fraction of sp³-hybridized carbons (Fsp3) is 0.250. The predicted molar refractivity (Wildman–Crippen MR) is 101 cm³/mol. The van der Waals surface area contributed by atoms with Crippen molar-refractivity contribution in [2.75, 3.05) is 11.1 Å². The van der Waals surface area contributed by atoms with Crippen LogP contribution in [-0.2, 0) is 4.79 Å². The molecule has 124 valence electrons. The van der Waals surface area contributed by atoms with Gasteiger partial charge in [0.05, 0.1) is 16.9 Å². The first-order valence-electron chi connectivity index (χ1n) is 7.06. The van der Waals surface area contributed by atoms with Gasteiger partial charge in [0.2, 0.25) is 5.91 Å². The van der Waals surface area contributed by atoms with Crippen LogP contribution in [0.5, 0.6) is 0 Å². The Kier molecular flexibility index (Phi) is 6.85. The highest BCUT2D eigenvalue weighted by Gasteiger charge is 2.17. The molecule has 2 rings (SSSR count).